The van der Waals surface area contributed by atoms with Gasteiger partial charge in [0.05, 0.1) is 11.2 Å². The summed E-state index contributed by atoms with van der Waals surface area (Å²) in [5, 5.41) is 32.6. The van der Waals surface area contributed by atoms with E-state index in [0.29, 0.717) is 5.70 Å². The van der Waals surface area contributed by atoms with E-state index in [9.17, 15) is 10.4 Å². The first-order valence-corrected chi connectivity index (χ1v) is 4.33. The van der Waals surface area contributed by atoms with Crippen LogP contribution in [0.3, 0.4) is 0 Å². The monoisotopic (exact) mass is 202 g/mol. The largest absolute Gasteiger partial charge is 0.734 e. The molecule has 0 aromatic heterocycles. The van der Waals surface area contributed by atoms with Crippen LogP contribution in [0.25, 0.3) is 0 Å². The highest BCUT2D eigenvalue weighted by Gasteiger charge is 2.47. The lowest BCUT2D eigenvalue weighted by molar-refractivity contribution is -0.191. The first kappa shape index (κ1) is 11.3. The van der Waals surface area contributed by atoms with Crippen LogP contribution in [0.2, 0.25) is 0 Å². The molecule has 1 aliphatic rings. The fraction of sp³-hybridized carbons (Fsp3) is 0.750. The maximum atomic E-state index is 10.5. The molecule has 0 unspecified atom stereocenters. The molecule has 0 atom stereocenters. The van der Waals surface area contributed by atoms with Gasteiger partial charge in [-0.25, -0.2) is 0 Å². The molecule has 1 heterocycles. The predicted molar refractivity (Wildman–Crippen MR) is 50.0 cm³/mol. The summed E-state index contributed by atoms with van der Waals surface area (Å²) >= 11 is 0. The summed E-state index contributed by atoms with van der Waals surface area (Å²) in [6.45, 7) is 7.01. The molecule has 0 aromatic carbocycles. The lowest BCUT2D eigenvalue weighted by Gasteiger charge is -2.32. The molecular formula is C8H16N3O3-. The number of hydrogen-bond donors (Lipinski definition) is 3. The second kappa shape index (κ2) is 3.09. The Bertz CT molecular complexity index is 261. The second-order valence-electron chi connectivity index (χ2n) is 4.40. The summed E-state index contributed by atoms with van der Waals surface area (Å²) in [5.74, 6) is 0. The van der Waals surface area contributed by atoms with Gasteiger partial charge in [0.15, 0.2) is 0 Å². The Morgan fingerprint density at radius 3 is 2.21 bits per heavy atom. The molecule has 0 amide bonds. The van der Waals surface area contributed by atoms with Crippen LogP contribution in [0.15, 0.2) is 11.9 Å². The number of nitrogens with zero attached hydrogens (tertiary/aromatic N) is 2. The SMILES string of the molecule is CC1(C)N/C(=C/N([O-])O)C(C)(C)N1O. The molecular weight excluding hydrogens is 186 g/mol. The fourth-order valence-corrected chi connectivity index (χ4v) is 1.65. The molecule has 3 N–H and O–H groups in total. The van der Waals surface area contributed by atoms with Crippen LogP contribution in [0.5, 0.6) is 0 Å². The van der Waals surface area contributed by atoms with Gasteiger partial charge in [0, 0.05) is 6.20 Å². The Morgan fingerprint density at radius 1 is 1.43 bits per heavy atom. The summed E-state index contributed by atoms with van der Waals surface area (Å²) in [6, 6.07) is 0. The van der Waals surface area contributed by atoms with Gasteiger partial charge in [-0.05, 0) is 27.7 Å². The van der Waals surface area contributed by atoms with Gasteiger partial charge < -0.3 is 21.0 Å². The zero-order valence-corrected chi connectivity index (χ0v) is 8.77. The molecule has 1 aliphatic heterocycles. The Kier molecular flexibility index (Phi) is 2.49. The van der Waals surface area contributed by atoms with E-state index in [1.165, 1.54) is 0 Å². The zero-order chi connectivity index (χ0) is 11.1. The van der Waals surface area contributed by atoms with Crippen molar-refractivity contribution in [3.63, 3.8) is 0 Å². The third kappa shape index (κ3) is 1.69. The van der Waals surface area contributed by atoms with E-state index >= 15 is 0 Å². The molecule has 0 radical (unpaired) electrons. The van der Waals surface area contributed by atoms with Crippen molar-refractivity contribution in [1.29, 1.82) is 0 Å². The van der Waals surface area contributed by atoms with Gasteiger partial charge in [0.1, 0.15) is 5.66 Å². The van der Waals surface area contributed by atoms with Crippen molar-refractivity contribution in [2.75, 3.05) is 0 Å². The molecule has 0 saturated carbocycles. The topological polar surface area (TPSA) is 82.0 Å². The Labute approximate surface area is 82.9 Å². The van der Waals surface area contributed by atoms with E-state index in [4.69, 9.17) is 5.21 Å². The van der Waals surface area contributed by atoms with Gasteiger partial charge in [0.2, 0.25) is 0 Å². The molecule has 1 saturated heterocycles. The molecule has 1 rings (SSSR count). The van der Waals surface area contributed by atoms with Crippen LogP contribution in [0.1, 0.15) is 27.7 Å². The van der Waals surface area contributed by atoms with E-state index in [1.807, 2.05) is 0 Å². The number of hydrogen-bond acceptors (Lipinski definition) is 6. The summed E-state index contributed by atoms with van der Waals surface area (Å²) in [4.78, 5) is 0. The van der Waals surface area contributed by atoms with Gasteiger partial charge in [0.25, 0.3) is 0 Å². The lowest BCUT2D eigenvalue weighted by Crippen LogP contribution is -2.48. The minimum absolute atomic E-state index is 0.278. The third-order valence-electron chi connectivity index (χ3n) is 2.40. The fourth-order valence-electron chi connectivity index (χ4n) is 1.65. The number of hydroxylamine groups is 4. The molecule has 6 heteroatoms. The van der Waals surface area contributed by atoms with Crippen LogP contribution in [0, 0.1) is 5.21 Å². The molecule has 14 heavy (non-hydrogen) atoms. The van der Waals surface area contributed by atoms with Crippen molar-refractivity contribution in [2.24, 2.45) is 0 Å². The molecule has 0 aliphatic carbocycles. The van der Waals surface area contributed by atoms with Gasteiger partial charge in [-0.15, -0.1) is 0 Å². The van der Waals surface area contributed by atoms with E-state index < -0.39 is 11.2 Å². The molecule has 6 nitrogen and oxygen atoms in total. The van der Waals surface area contributed by atoms with Gasteiger partial charge in [-0.3, -0.25) is 5.21 Å². The average Bonchev–Trinajstić information content (AvgIpc) is 2.12. The normalized spacial score (nSPS) is 27.8. The highest BCUT2D eigenvalue weighted by molar-refractivity contribution is 5.22. The highest BCUT2D eigenvalue weighted by atomic mass is 16.8. The number of nitrogens with one attached hydrogen (secondary N) is 1. The van der Waals surface area contributed by atoms with E-state index in [1.54, 1.807) is 27.7 Å². The summed E-state index contributed by atoms with van der Waals surface area (Å²) < 4.78 is 0. The lowest BCUT2D eigenvalue weighted by atomic mass is 10.0. The van der Waals surface area contributed by atoms with E-state index in [0.717, 1.165) is 11.3 Å². The van der Waals surface area contributed by atoms with Crippen molar-refractivity contribution < 1.29 is 10.4 Å². The smallest absolute Gasteiger partial charge is 0.109 e. The summed E-state index contributed by atoms with van der Waals surface area (Å²) in [6.07, 6.45) is 0.998. The number of rotatable bonds is 1. The van der Waals surface area contributed by atoms with Gasteiger partial charge in [-0.2, -0.15) is 5.06 Å². The maximum Gasteiger partial charge on any atom is 0.109 e. The maximum absolute atomic E-state index is 10.5. The Morgan fingerprint density at radius 2 is 1.93 bits per heavy atom. The van der Waals surface area contributed by atoms with Crippen molar-refractivity contribution in [3.05, 3.63) is 17.1 Å². The summed E-state index contributed by atoms with van der Waals surface area (Å²) in [5.41, 5.74) is -0.928. The first-order chi connectivity index (χ1) is 6.18. The molecule has 1 fully saturated rings. The predicted octanol–water partition coefficient (Wildman–Crippen LogP) is 0.826. The van der Waals surface area contributed by atoms with Crippen LogP contribution in [-0.2, 0) is 0 Å². The van der Waals surface area contributed by atoms with Crippen molar-refractivity contribution in [3.8, 4) is 0 Å². The summed E-state index contributed by atoms with van der Waals surface area (Å²) in [7, 11) is 0. The van der Waals surface area contributed by atoms with Crippen LogP contribution in [-0.4, -0.2) is 31.9 Å². The standard InChI is InChI=1S/C8H16N3O3/c1-7(2)6(5-10(12)13)9-8(3,4)11(7)14/h5,9,12,14H,1-4H3/q-1/b6-5+. The zero-order valence-electron chi connectivity index (χ0n) is 8.77. The van der Waals surface area contributed by atoms with Crippen LogP contribution in [0.4, 0.5) is 0 Å². The van der Waals surface area contributed by atoms with Gasteiger partial charge >= 0.3 is 0 Å². The Balaban J connectivity index is 3.03. The molecule has 0 aromatic rings. The second-order valence-corrected chi connectivity index (χ2v) is 4.40. The van der Waals surface area contributed by atoms with Crippen LogP contribution < -0.4 is 5.32 Å². The van der Waals surface area contributed by atoms with Crippen molar-refractivity contribution in [1.82, 2.24) is 15.6 Å². The van der Waals surface area contributed by atoms with Crippen molar-refractivity contribution >= 4 is 0 Å². The van der Waals surface area contributed by atoms with Crippen molar-refractivity contribution in [2.45, 2.75) is 38.9 Å². The molecule has 0 spiro atoms. The van der Waals surface area contributed by atoms with Gasteiger partial charge in [-0.1, -0.05) is 0 Å². The molecule has 82 valence electrons. The average molecular weight is 202 g/mol. The first-order valence-electron chi connectivity index (χ1n) is 4.33. The minimum Gasteiger partial charge on any atom is -0.734 e. The highest BCUT2D eigenvalue weighted by Crippen LogP contribution is 2.34. The Hall–Kier alpha value is -0.820. The quantitative estimate of drug-likeness (QED) is 0.546. The van der Waals surface area contributed by atoms with Crippen LogP contribution >= 0.6 is 0 Å². The van der Waals surface area contributed by atoms with E-state index in [2.05, 4.69) is 5.32 Å². The molecule has 0 bridgehead atoms. The van der Waals surface area contributed by atoms with E-state index in [-0.39, 0.29) is 5.23 Å². The minimum atomic E-state index is -0.727. The third-order valence-corrected chi connectivity index (χ3v) is 2.40.